The summed E-state index contributed by atoms with van der Waals surface area (Å²) in [7, 11) is 3.69. The van der Waals surface area contributed by atoms with Crippen molar-refractivity contribution in [1.82, 2.24) is 19.8 Å². The number of rotatable bonds is 5. The van der Waals surface area contributed by atoms with Gasteiger partial charge in [0.2, 0.25) is 11.8 Å². The van der Waals surface area contributed by atoms with Crippen LogP contribution in [-0.4, -0.2) is 72.6 Å². The summed E-state index contributed by atoms with van der Waals surface area (Å²) in [6.45, 7) is 4.27. The van der Waals surface area contributed by atoms with Gasteiger partial charge in [0, 0.05) is 44.7 Å². The summed E-state index contributed by atoms with van der Waals surface area (Å²) in [6.07, 6.45) is 0.557. The molecule has 0 aliphatic carbocycles. The molecule has 1 aromatic heterocycles. The van der Waals surface area contributed by atoms with Crippen LogP contribution >= 0.6 is 0 Å². The van der Waals surface area contributed by atoms with Gasteiger partial charge in [0.1, 0.15) is 5.82 Å². The van der Waals surface area contributed by atoms with E-state index >= 15 is 0 Å². The molecule has 5 rings (SSSR count). The Balaban J connectivity index is 1.50. The highest BCUT2D eigenvalue weighted by molar-refractivity contribution is 5.94. The molecule has 0 saturated carbocycles. The van der Waals surface area contributed by atoms with E-state index in [1.54, 1.807) is 24.1 Å². The van der Waals surface area contributed by atoms with Gasteiger partial charge >= 0.3 is 0 Å². The van der Waals surface area contributed by atoms with Crippen LogP contribution in [0.1, 0.15) is 21.6 Å². The molecule has 3 heterocycles. The van der Waals surface area contributed by atoms with Crippen molar-refractivity contribution >= 4 is 11.9 Å². The van der Waals surface area contributed by atoms with Crippen LogP contribution < -0.4 is 14.4 Å². The maximum Gasteiger partial charge on any atom is 0.254 e. The van der Waals surface area contributed by atoms with E-state index in [4.69, 9.17) is 19.4 Å². The molecule has 0 atom stereocenters. The largest absolute Gasteiger partial charge is 0.493 e. The summed E-state index contributed by atoms with van der Waals surface area (Å²) in [5.41, 5.74) is 1.93. The number of anilines is 1. The Kier molecular flexibility index (Phi) is 6.50. The zero-order valence-corrected chi connectivity index (χ0v) is 19.9. The van der Waals surface area contributed by atoms with Crippen molar-refractivity contribution < 1.29 is 18.7 Å². The number of carbonyl (C=O) groups excluding carboxylic acids is 1. The number of carbonyl (C=O) groups is 1. The fourth-order valence-electron chi connectivity index (χ4n) is 4.39. The first kappa shape index (κ1) is 23.0. The van der Waals surface area contributed by atoms with Crippen LogP contribution in [0.4, 0.5) is 10.3 Å². The molecule has 182 valence electrons. The average molecular weight is 478 g/mol. The molecule has 0 bridgehead atoms. The lowest BCUT2D eigenvalue weighted by atomic mass is 10.0. The lowest BCUT2D eigenvalue weighted by Gasteiger charge is -2.34. The molecular formula is C26H28FN5O3. The van der Waals surface area contributed by atoms with Crippen LogP contribution in [-0.2, 0) is 13.0 Å². The van der Waals surface area contributed by atoms with Crippen LogP contribution in [0.5, 0.6) is 17.4 Å². The number of ether oxygens (including phenoxy) is 2. The van der Waals surface area contributed by atoms with E-state index in [0.717, 1.165) is 37.4 Å². The number of benzene rings is 2. The van der Waals surface area contributed by atoms with Crippen LogP contribution in [0.25, 0.3) is 0 Å². The number of hydrogen-bond acceptors (Lipinski definition) is 7. The zero-order chi connectivity index (χ0) is 24.4. The monoisotopic (exact) mass is 477 g/mol. The van der Waals surface area contributed by atoms with Gasteiger partial charge in [-0.3, -0.25) is 4.79 Å². The second kappa shape index (κ2) is 9.87. The number of nitrogens with zero attached hydrogens (tertiary/aromatic N) is 5. The molecular weight excluding hydrogens is 449 g/mol. The molecule has 35 heavy (non-hydrogen) atoms. The fourth-order valence-corrected chi connectivity index (χ4v) is 4.39. The number of methoxy groups -OCH3 is 1. The molecule has 0 radical (unpaired) electrons. The Bertz CT molecular complexity index is 1230. The third-order valence-corrected chi connectivity index (χ3v) is 6.43. The van der Waals surface area contributed by atoms with Crippen molar-refractivity contribution in [2.45, 2.75) is 13.0 Å². The molecule has 2 aliphatic heterocycles. The maximum atomic E-state index is 13.7. The Morgan fingerprint density at radius 3 is 2.49 bits per heavy atom. The van der Waals surface area contributed by atoms with E-state index in [2.05, 4.69) is 16.8 Å². The first-order valence-electron chi connectivity index (χ1n) is 11.7. The number of amides is 1. The summed E-state index contributed by atoms with van der Waals surface area (Å²) in [5.74, 6) is 1.49. The Labute approximate surface area is 203 Å². The van der Waals surface area contributed by atoms with Gasteiger partial charge in [-0.25, -0.2) is 9.37 Å². The summed E-state index contributed by atoms with van der Waals surface area (Å²) >= 11 is 0. The number of halogens is 1. The van der Waals surface area contributed by atoms with Gasteiger partial charge in [0.05, 0.1) is 24.9 Å². The minimum Gasteiger partial charge on any atom is -0.493 e. The van der Waals surface area contributed by atoms with Crippen molar-refractivity contribution in [2.24, 2.45) is 0 Å². The van der Waals surface area contributed by atoms with Crippen molar-refractivity contribution in [3.8, 4) is 17.4 Å². The van der Waals surface area contributed by atoms with Crippen molar-refractivity contribution in [2.75, 3.05) is 51.8 Å². The van der Waals surface area contributed by atoms with Crippen LogP contribution in [0, 0.1) is 5.82 Å². The Morgan fingerprint density at radius 1 is 0.971 bits per heavy atom. The van der Waals surface area contributed by atoms with E-state index in [1.165, 1.54) is 12.1 Å². The SMILES string of the molecule is COc1ccccc1Oc1nc(N2CCN(C)CC2)nc2c1CN(C(=O)c1cccc(F)c1)CC2. The maximum absolute atomic E-state index is 13.7. The number of fused-ring (bicyclic) bond motifs is 1. The summed E-state index contributed by atoms with van der Waals surface area (Å²) in [4.78, 5) is 28.9. The molecule has 3 aromatic rings. The lowest BCUT2D eigenvalue weighted by Crippen LogP contribution is -2.45. The van der Waals surface area contributed by atoms with Gasteiger partial charge in [-0.05, 0) is 37.4 Å². The molecule has 0 unspecified atom stereocenters. The van der Waals surface area contributed by atoms with Gasteiger partial charge < -0.3 is 24.2 Å². The van der Waals surface area contributed by atoms with Gasteiger partial charge in [-0.2, -0.15) is 4.98 Å². The lowest BCUT2D eigenvalue weighted by molar-refractivity contribution is 0.0731. The fraction of sp³-hybridized carbons (Fsp3) is 0.346. The molecule has 0 N–H and O–H groups in total. The smallest absolute Gasteiger partial charge is 0.254 e. The van der Waals surface area contributed by atoms with Gasteiger partial charge in [0.15, 0.2) is 11.5 Å². The predicted octanol–water partition coefficient (Wildman–Crippen LogP) is 3.37. The molecule has 8 nitrogen and oxygen atoms in total. The quantitative estimate of drug-likeness (QED) is 0.558. The average Bonchev–Trinajstić information content (AvgIpc) is 2.88. The van der Waals surface area contributed by atoms with Gasteiger partial charge in [0.25, 0.3) is 5.91 Å². The molecule has 1 amide bonds. The molecule has 1 fully saturated rings. The second-order valence-electron chi connectivity index (χ2n) is 8.78. The number of hydrogen-bond donors (Lipinski definition) is 0. The molecule has 1 saturated heterocycles. The van der Waals surface area contributed by atoms with Crippen molar-refractivity contribution in [3.05, 3.63) is 71.2 Å². The van der Waals surface area contributed by atoms with E-state index in [9.17, 15) is 9.18 Å². The summed E-state index contributed by atoms with van der Waals surface area (Å²) < 4.78 is 25.5. The number of aromatic nitrogens is 2. The highest BCUT2D eigenvalue weighted by Crippen LogP contribution is 2.35. The first-order valence-corrected chi connectivity index (χ1v) is 11.7. The van der Waals surface area contributed by atoms with E-state index in [0.29, 0.717) is 41.9 Å². The predicted molar refractivity (Wildman–Crippen MR) is 130 cm³/mol. The third kappa shape index (κ3) is 4.90. The van der Waals surface area contributed by atoms with Crippen LogP contribution in [0.15, 0.2) is 48.5 Å². The van der Waals surface area contributed by atoms with Crippen molar-refractivity contribution in [3.63, 3.8) is 0 Å². The van der Waals surface area contributed by atoms with E-state index in [1.807, 2.05) is 24.3 Å². The summed E-state index contributed by atoms with van der Waals surface area (Å²) in [5, 5.41) is 0. The van der Waals surface area contributed by atoms with Gasteiger partial charge in [-0.15, -0.1) is 0 Å². The minimum atomic E-state index is -0.436. The van der Waals surface area contributed by atoms with Crippen LogP contribution in [0.2, 0.25) is 0 Å². The molecule has 2 aliphatic rings. The van der Waals surface area contributed by atoms with Crippen LogP contribution in [0.3, 0.4) is 0 Å². The Hall–Kier alpha value is -3.72. The standard InChI is InChI=1S/C26H28FN5O3/c1-30-12-14-31(15-13-30)26-28-21-10-11-32(25(33)18-6-5-7-19(27)16-18)17-20(21)24(29-26)35-23-9-4-3-8-22(23)34-2/h3-9,16H,10-15,17H2,1-2H3. The molecule has 9 heteroatoms. The third-order valence-electron chi connectivity index (χ3n) is 6.43. The Morgan fingerprint density at radius 2 is 1.74 bits per heavy atom. The topological polar surface area (TPSA) is 71.0 Å². The normalized spacial score (nSPS) is 16.1. The highest BCUT2D eigenvalue weighted by atomic mass is 19.1. The minimum absolute atomic E-state index is 0.235. The zero-order valence-electron chi connectivity index (χ0n) is 19.9. The second-order valence-corrected chi connectivity index (χ2v) is 8.78. The molecule has 2 aromatic carbocycles. The highest BCUT2D eigenvalue weighted by Gasteiger charge is 2.29. The first-order chi connectivity index (χ1) is 17.0. The number of para-hydroxylation sites is 2. The number of piperazine rings is 1. The summed E-state index contributed by atoms with van der Waals surface area (Å²) in [6, 6.07) is 13.1. The van der Waals surface area contributed by atoms with E-state index in [-0.39, 0.29) is 12.5 Å². The van der Waals surface area contributed by atoms with E-state index < -0.39 is 5.82 Å². The number of likely N-dealkylation sites (N-methyl/N-ethyl adjacent to an activating group) is 1. The van der Waals surface area contributed by atoms with Crippen molar-refractivity contribution in [1.29, 1.82) is 0 Å². The van der Waals surface area contributed by atoms with Gasteiger partial charge in [-0.1, -0.05) is 18.2 Å². The molecule has 0 spiro atoms.